The van der Waals surface area contributed by atoms with Crippen LogP contribution in [0.5, 0.6) is 11.5 Å². The second kappa shape index (κ2) is 12.1. The third-order valence-electron chi connectivity index (χ3n) is 13.0. The van der Waals surface area contributed by atoms with Crippen molar-refractivity contribution >= 4 is 24.5 Å². The van der Waals surface area contributed by atoms with Crippen LogP contribution in [0.3, 0.4) is 0 Å². The molecule has 0 amide bonds. The summed E-state index contributed by atoms with van der Waals surface area (Å²) in [4.78, 5) is 0. The van der Waals surface area contributed by atoms with E-state index in [9.17, 15) is 0 Å². The Morgan fingerprint density at radius 2 is 1.50 bits per heavy atom. The Labute approximate surface area is 305 Å². The molecule has 50 heavy (non-hydrogen) atoms. The van der Waals surface area contributed by atoms with Crippen molar-refractivity contribution in [2.75, 3.05) is 13.7 Å². The van der Waals surface area contributed by atoms with Gasteiger partial charge in [0.15, 0.2) is 0 Å². The van der Waals surface area contributed by atoms with Crippen molar-refractivity contribution in [1.29, 1.82) is 0 Å². The van der Waals surface area contributed by atoms with E-state index < -0.39 is 8.07 Å². The normalized spacial score (nSPS) is 22.4. The molecule has 1 atom stereocenters. The molecule has 0 N–H and O–H groups in total. The van der Waals surface area contributed by atoms with Gasteiger partial charge < -0.3 is 9.47 Å². The van der Waals surface area contributed by atoms with Gasteiger partial charge in [0.05, 0.1) is 7.11 Å². The van der Waals surface area contributed by atoms with Crippen molar-refractivity contribution in [3.8, 4) is 11.5 Å². The van der Waals surface area contributed by atoms with Gasteiger partial charge in [-0.15, -0.1) is 0 Å². The third kappa shape index (κ3) is 5.73. The molecule has 4 aliphatic rings. The maximum atomic E-state index is 6.89. The highest BCUT2D eigenvalue weighted by molar-refractivity contribution is 7.06. The summed E-state index contributed by atoms with van der Waals surface area (Å²) in [6.07, 6.45) is 17.1. The molecule has 6 rings (SSSR count). The summed E-state index contributed by atoms with van der Waals surface area (Å²) in [5, 5.41) is 6.27. The van der Waals surface area contributed by atoms with E-state index in [4.69, 9.17) is 9.47 Å². The maximum absolute atomic E-state index is 6.89. The van der Waals surface area contributed by atoms with E-state index in [2.05, 4.69) is 133 Å². The van der Waals surface area contributed by atoms with E-state index in [1.54, 1.807) is 43.5 Å². The minimum absolute atomic E-state index is 0.00993. The molecule has 0 aromatic heterocycles. The maximum Gasteiger partial charge on any atom is 0.123 e. The number of fused-ring (bicyclic) bond motifs is 8. The fourth-order valence-corrected chi connectivity index (χ4v) is 15.1. The van der Waals surface area contributed by atoms with Gasteiger partial charge in [0.2, 0.25) is 0 Å². The Kier molecular flexibility index (Phi) is 8.98. The number of ether oxygens (including phenoxy) is 2. The lowest BCUT2D eigenvalue weighted by atomic mass is 9.61. The monoisotopic (exact) mass is 690 g/mol. The molecule has 0 bridgehead atoms. The minimum Gasteiger partial charge on any atom is -0.497 e. The average molecular weight is 691 g/mol. The highest BCUT2D eigenvalue weighted by Gasteiger charge is 2.51. The zero-order chi connectivity index (χ0) is 36.8. The Bertz CT molecular complexity index is 1920. The fourth-order valence-electron chi connectivity index (χ4n) is 10.3. The van der Waals surface area contributed by atoms with Gasteiger partial charge in [-0.25, -0.2) is 0 Å². The largest absolute Gasteiger partial charge is 0.497 e. The van der Waals surface area contributed by atoms with Crippen molar-refractivity contribution in [2.45, 2.75) is 150 Å². The van der Waals surface area contributed by atoms with Crippen molar-refractivity contribution < 1.29 is 9.47 Å². The van der Waals surface area contributed by atoms with Crippen LogP contribution in [0.4, 0.5) is 0 Å². The van der Waals surface area contributed by atoms with Gasteiger partial charge in [0.1, 0.15) is 26.2 Å². The van der Waals surface area contributed by atoms with Gasteiger partial charge in [-0.05, 0) is 103 Å². The second-order valence-corrected chi connectivity index (χ2v) is 24.2. The van der Waals surface area contributed by atoms with Crippen LogP contribution in [0, 0.1) is 10.8 Å². The standard InChI is InChI=1S/C47H66O2Si/c1-16-25-49-41-35(43(4,5)6)26-30(48-15)27-36(41)50(17-2,18-3)42-34-29-45(9,10)21-19-31(34)37-38(42)33-28-44(7,8)22-20-32(33)39-40(37)47(13,14)24-23-46(39,11)12/h16,23-24,26-29,31H,1,17-22,25H2,2-15H3. The lowest BCUT2D eigenvalue weighted by molar-refractivity contribution is 0.351. The molecule has 0 aliphatic heterocycles. The first kappa shape index (κ1) is 37.0. The van der Waals surface area contributed by atoms with Crippen LogP contribution < -0.4 is 25.1 Å². The zero-order valence-corrected chi connectivity index (χ0v) is 35.1. The van der Waals surface area contributed by atoms with Crippen LogP contribution in [-0.2, 0) is 22.7 Å². The summed E-state index contributed by atoms with van der Waals surface area (Å²) in [5.41, 5.74) is 9.53. The first-order valence-electron chi connectivity index (χ1n) is 19.6. The van der Waals surface area contributed by atoms with E-state index in [1.807, 2.05) is 13.2 Å². The second-order valence-electron chi connectivity index (χ2n) is 19.6. The van der Waals surface area contributed by atoms with E-state index in [0.29, 0.717) is 12.5 Å². The number of hydrogen-bond donors (Lipinski definition) is 0. The molecular formula is C47H66O2Si. The smallest absolute Gasteiger partial charge is 0.123 e. The van der Waals surface area contributed by atoms with E-state index in [-0.39, 0.29) is 27.1 Å². The third-order valence-corrected chi connectivity index (χ3v) is 18.3. The fraction of sp³-hybridized carbons (Fsp3) is 0.574. The predicted molar refractivity (Wildman–Crippen MR) is 218 cm³/mol. The highest BCUT2D eigenvalue weighted by atomic mass is 28.3. The van der Waals surface area contributed by atoms with Gasteiger partial charge in [-0.3, -0.25) is 0 Å². The number of rotatable bonds is 8. The quantitative estimate of drug-likeness (QED) is 0.203. The predicted octanol–water partition coefficient (Wildman–Crippen LogP) is 10.4. The van der Waals surface area contributed by atoms with E-state index in [1.165, 1.54) is 30.0 Å². The first-order valence-corrected chi connectivity index (χ1v) is 22.0. The molecule has 2 aromatic carbocycles. The van der Waals surface area contributed by atoms with Gasteiger partial charge in [-0.1, -0.05) is 139 Å². The number of benzene rings is 2. The average Bonchev–Trinajstić information content (AvgIpc) is 3.35. The van der Waals surface area contributed by atoms with Crippen LogP contribution in [-0.4, -0.2) is 21.8 Å². The Morgan fingerprint density at radius 3 is 2.08 bits per heavy atom. The molecular weight excluding hydrogens is 625 g/mol. The van der Waals surface area contributed by atoms with Gasteiger partial charge in [0, 0.05) is 22.3 Å². The molecule has 0 radical (unpaired) electrons. The number of allylic oxidation sites excluding steroid dienone is 4. The summed E-state index contributed by atoms with van der Waals surface area (Å²) in [5.74, 6) is 2.43. The van der Waals surface area contributed by atoms with Crippen LogP contribution in [0.25, 0.3) is 11.3 Å². The van der Waals surface area contributed by atoms with Crippen LogP contribution >= 0.6 is 0 Å². The van der Waals surface area contributed by atoms with Crippen molar-refractivity contribution in [3.05, 3.63) is 86.8 Å². The molecule has 2 nitrogen and oxygen atoms in total. The summed E-state index contributed by atoms with van der Waals surface area (Å²) in [6, 6.07) is 6.83. The first-order chi connectivity index (χ1) is 23.2. The Hall–Kier alpha value is -2.78. The van der Waals surface area contributed by atoms with Crippen LogP contribution in [0.2, 0.25) is 12.1 Å². The molecule has 3 heteroatoms. The van der Waals surface area contributed by atoms with Crippen LogP contribution in [0.1, 0.15) is 143 Å². The number of hydrogen-bond acceptors (Lipinski definition) is 2. The Balaban J connectivity index is 1.93. The lowest BCUT2D eigenvalue weighted by Crippen LogP contribution is -2.54. The summed E-state index contributed by atoms with van der Waals surface area (Å²) in [7, 11) is -0.695. The molecule has 0 heterocycles. The topological polar surface area (TPSA) is 18.5 Å². The molecule has 0 saturated carbocycles. The molecule has 1 unspecified atom stereocenters. The molecule has 270 valence electrons. The molecule has 0 spiro atoms. The molecule has 0 fully saturated rings. The summed E-state index contributed by atoms with van der Waals surface area (Å²) >= 11 is 0. The summed E-state index contributed by atoms with van der Waals surface area (Å²) < 4.78 is 13.0. The number of methoxy groups -OCH3 is 1. The molecule has 0 saturated heterocycles. The van der Waals surface area contributed by atoms with Gasteiger partial charge in [-0.2, -0.15) is 0 Å². The zero-order valence-electron chi connectivity index (χ0n) is 34.1. The minimum atomic E-state index is -2.52. The van der Waals surface area contributed by atoms with E-state index >= 15 is 0 Å². The van der Waals surface area contributed by atoms with E-state index in [0.717, 1.165) is 30.0 Å². The van der Waals surface area contributed by atoms with Crippen molar-refractivity contribution in [3.63, 3.8) is 0 Å². The summed E-state index contributed by atoms with van der Waals surface area (Å²) in [6.45, 7) is 36.2. The van der Waals surface area contributed by atoms with Gasteiger partial charge in [0.25, 0.3) is 0 Å². The van der Waals surface area contributed by atoms with Crippen molar-refractivity contribution in [1.82, 2.24) is 0 Å². The Morgan fingerprint density at radius 1 is 0.880 bits per heavy atom. The molecule has 2 aromatic rings. The lowest BCUT2D eigenvalue weighted by Gasteiger charge is -2.43. The highest BCUT2D eigenvalue weighted by Crippen LogP contribution is 2.55. The van der Waals surface area contributed by atoms with Crippen LogP contribution in [0.15, 0.2) is 48.6 Å². The SMILES string of the molecule is C=CCOc1c(C(C)(C)C)cc(OC)cc1[Si](CC)(CC)C1=c2c(c3c(c4c2=CC(C)(C)CC4)C(C)(C)C=CC3(C)C)C2CCC(C)(C)C=C12. The molecule has 4 aliphatic carbocycles. The van der Waals surface area contributed by atoms with Crippen molar-refractivity contribution in [2.24, 2.45) is 10.8 Å². The van der Waals surface area contributed by atoms with Gasteiger partial charge >= 0.3 is 0 Å².